The Bertz CT molecular complexity index is 659. The quantitative estimate of drug-likeness (QED) is 0.890. The summed E-state index contributed by atoms with van der Waals surface area (Å²) < 4.78 is 1.45. The van der Waals surface area contributed by atoms with Crippen molar-refractivity contribution < 1.29 is 9.90 Å². The van der Waals surface area contributed by atoms with E-state index in [1.807, 2.05) is 6.07 Å². The van der Waals surface area contributed by atoms with E-state index in [-0.39, 0.29) is 12.1 Å². The summed E-state index contributed by atoms with van der Waals surface area (Å²) in [6, 6.07) is 7.18. The largest absolute Gasteiger partial charge is 0.481 e. The molecule has 0 saturated carbocycles. The third kappa shape index (κ3) is 2.11. The van der Waals surface area contributed by atoms with E-state index in [2.05, 4.69) is 4.98 Å². The fraction of sp³-hybridized carbons (Fsp3) is 0.308. The van der Waals surface area contributed by atoms with Gasteiger partial charge in [-0.1, -0.05) is 12.1 Å². The topological polar surface area (TPSA) is 72.2 Å². The van der Waals surface area contributed by atoms with E-state index in [9.17, 15) is 9.59 Å². The first-order valence-corrected chi connectivity index (χ1v) is 5.60. The van der Waals surface area contributed by atoms with Crippen LogP contribution in [0.3, 0.4) is 0 Å². The second-order valence-electron chi connectivity index (χ2n) is 4.86. The van der Waals surface area contributed by atoms with Gasteiger partial charge in [0.25, 0.3) is 5.56 Å². The number of aromatic nitrogens is 2. The van der Waals surface area contributed by atoms with Crippen LogP contribution < -0.4 is 5.56 Å². The number of hydrogen-bond donors (Lipinski definition) is 1. The van der Waals surface area contributed by atoms with Crippen LogP contribution in [0.4, 0.5) is 0 Å². The van der Waals surface area contributed by atoms with Crippen molar-refractivity contribution in [2.45, 2.75) is 20.4 Å². The molecule has 0 radical (unpaired) electrons. The molecule has 0 unspecified atom stereocenters. The summed E-state index contributed by atoms with van der Waals surface area (Å²) in [6.07, 6.45) is 1.22. The molecular formula is C13H14N2O3. The highest BCUT2D eigenvalue weighted by Crippen LogP contribution is 2.19. The molecule has 2 rings (SSSR count). The van der Waals surface area contributed by atoms with Crippen molar-refractivity contribution >= 4 is 17.0 Å². The number of fused-ring (bicyclic) bond motifs is 1. The number of rotatable bonds is 3. The molecule has 1 aromatic carbocycles. The standard InChI is InChI=1S/C13H14N2O3/c1-13(2,12(17)18)8-15-10-6-4-3-5-9(10)14-7-11(15)16/h3-7H,8H2,1-2H3,(H,17,18). The first kappa shape index (κ1) is 12.3. The van der Waals surface area contributed by atoms with E-state index in [1.54, 1.807) is 32.0 Å². The van der Waals surface area contributed by atoms with Gasteiger partial charge in [-0.25, -0.2) is 4.98 Å². The van der Waals surface area contributed by atoms with Crippen LogP contribution in [0.25, 0.3) is 11.0 Å². The molecule has 0 atom stereocenters. The fourth-order valence-corrected chi connectivity index (χ4v) is 1.74. The van der Waals surface area contributed by atoms with Crippen LogP contribution in [0, 0.1) is 5.41 Å². The normalized spacial score (nSPS) is 11.7. The van der Waals surface area contributed by atoms with Gasteiger partial charge in [0.1, 0.15) is 0 Å². The maximum atomic E-state index is 11.8. The van der Waals surface area contributed by atoms with Gasteiger partial charge < -0.3 is 9.67 Å². The SMILES string of the molecule is CC(C)(Cn1c(=O)cnc2ccccc21)C(=O)O. The second kappa shape index (κ2) is 4.25. The van der Waals surface area contributed by atoms with Gasteiger partial charge in [0.15, 0.2) is 0 Å². The van der Waals surface area contributed by atoms with Crippen molar-refractivity contribution in [2.75, 3.05) is 0 Å². The third-order valence-electron chi connectivity index (χ3n) is 2.88. The lowest BCUT2D eigenvalue weighted by atomic mass is 9.93. The molecule has 2 aromatic rings. The Balaban J connectivity index is 2.60. The molecule has 0 aliphatic rings. The van der Waals surface area contributed by atoms with Gasteiger partial charge in [-0.3, -0.25) is 9.59 Å². The van der Waals surface area contributed by atoms with Crippen LogP contribution in [0.2, 0.25) is 0 Å². The Morgan fingerprint density at radius 3 is 2.72 bits per heavy atom. The van der Waals surface area contributed by atoms with Crippen molar-refractivity contribution in [2.24, 2.45) is 5.41 Å². The highest BCUT2D eigenvalue weighted by atomic mass is 16.4. The Hall–Kier alpha value is -2.17. The zero-order valence-electron chi connectivity index (χ0n) is 10.3. The van der Waals surface area contributed by atoms with E-state index < -0.39 is 11.4 Å². The van der Waals surface area contributed by atoms with E-state index in [0.29, 0.717) is 11.0 Å². The molecule has 0 bridgehead atoms. The number of nitrogens with zero attached hydrogens (tertiary/aromatic N) is 2. The lowest BCUT2D eigenvalue weighted by molar-refractivity contribution is -0.147. The molecule has 0 amide bonds. The van der Waals surface area contributed by atoms with E-state index in [1.165, 1.54) is 10.8 Å². The Labute approximate surface area is 104 Å². The maximum Gasteiger partial charge on any atom is 0.310 e. The first-order chi connectivity index (χ1) is 8.42. The molecule has 0 fully saturated rings. The molecule has 1 aromatic heterocycles. The fourth-order valence-electron chi connectivity index (χ4n) is 1.74. The summed E-state index contributed by atoms with van der Waals surface area (Å²) >= 11 is 0. The lowest BCUT2D eigenvalue weighted by Crippen LogP contribution is -2.34. The van der Waals surface area contributed by atoms with Crippen molar-refractivity contribution in [3.63, 3.8) is 0 Å². The summed E-state index contributed by atoms with van der Waals surface area (Å²) in [5.41, 5.74) is 0.0363. The Kier molecular flexibility index (Phi) is 2.90. The number of para-hydroxylation sites is 2. The van der Waals surface area contributed by atoms with Gasteiger partial charge in [-0.2, -0.15) is 0 Å². The minimum atomic E-state index is -1.01. The summed E-state index contributed by atoms with van der Waals surface area (Å²) in [5.74, 6) is -0.935. The zero-order chi connectivity index (χ0) is 13.3. The summed E-state index contributed by atoms with van der Waals surface area (Å²) in [6.45, 7) is 3.30. The maximum absolute atomic E-state index is 11.8. The molecule has 1 N–H and O–H groups in total. The molecule has 0 aliphatic heterocycles. The van der Waals surface area contributed by atoms with Gasteiger partial charge in [-0.05, 0) is 26.0 Å². The zero-order valence-corrected chi connectivity index (χ0v) is 10.3. The number of carboxylic acid groups (broad SMARTS) is 1. The monoisotopic (exact) mass is 246 g/mol. The van der Waals surface area contributed by atoms with Crippen LogP contribution in [0.15, 0.2) is 35.3 Å². The number of benzene rings is 1. The van der Waals surface area contributed by atoms with Gasteiger partial charge in [0.2, 0.25) is 0 Å². The van der Waals surface area contributed by atoms with Crippen LogP contribution in [0.1, 0.15) is 13.8 Å². The molecule has 5 heteroatoms. The molecular weight excluding hydrogens is 232 g/mol. The molecule has 0 spiro atoms. The lowest BCUT2D eigenvalue weighted by Gasteiger charge is -2.21. The van der Waals surface area contributed by atoms with Gasteiger partial charge in [0.05, 0.1) is 22.6 Å². The third-order valence-corrected chi connectivity index (χ3v) is 2.88. The van der Waals surface area contributed by atoms with Crippen molar-refractivity contribution in [1.29, 1.82) is 0 Å². The van der Waals surface area contributed by atoms with E-state index in [0.717, 1.165) is 0 Å². The average Bonchev–Trinajstić information content (AvgIpc) is 2.32. The van der Waals surface area contributed by atoms with Crippen LogP contribution in [-0.4, -0.2) is 20.6 Å². The van der Waals surface area contributed by atoms with Crippen LogP contribution in [0.5, 0.6) is 0 Å². The van der Waals surface area contributed by atoms with Gasteiger partial charge in [0, 0.05) is 6.54 Å². The first-order valence-electron chi connectivity index (χ1n) is 5.60. The van der Waals surface area contributed by atoms with Gasteiger partial charge in [-0.15, -0.1) is 0 Å². The van der Waals surface area contributed by atoms with Crippen molar-refractivity contribution in [3.8, 4) is 0 Å². The average molecular weight is 246 g/mol. The highest BCUT2D eigenvalue weighted by Gasteiger charge is 2.28. The van der Waals surface area contributed by atoms with Crippen LogP contribution in [-0.2, 0) is 11.3 Å². The molecule has 18 heavy (non-hydrogen) atoms. The number of aliphatic carboxylic acids is 1. The molecule has 0 aliphatic carbocycles. The minimum Gasteiger partial charge on any atom is -0.481 e. The molecule has 94 valence electrons. The minimum absolute atomic E-state index is 0.115. The summed E-state index contributed by atoms with van der Waals surface area (Å²) in [5, 5.41) is 9.13. The molecule has 1 heterocycles. The molecule has 0 saturated heterocycles. The number of hydrogen-bond acceptors (Lipinski definition) is 3. The van der Waals surface area contributed by atoms with Crippen molar-refractivity contribution in [3.05, 3.63) is 40.8 Å². The van der Waals surface area contributed by atoms with Crippen molar-refractivity contribution in [1.82, 2.24) is 9.55 Å². The Morgan fingerprint density at radius 1 is 1.39 bits per heavy atom. The van der Waals surface area contributed by atoms with E-state index in [4.69, 9.17) is 5.11 Å². The summed E-state index contributed by atoms with van der Waals surface area (Å²) in [4.78, 5) is 27.0. The Morgan fingerprint density at radius 2 is 2.06 bits per heavy atom. The molecule has 5 nitrogen and oxygen atoms in total. The smallest absolute Gasteiger partial charge is 0.310 e. The number of carbonyl (C=O) groups is 1. The van der Waals surface area contributed by atoms with E-state index >= 15 is 0 Å². The highest BCUT2D eigenvalue weighted by molar-refractivity contribution is 5.76. The predicted molar refractivity (Wildman–Crippen MR) is 67.4 cm³/mol. The second-order valence-corrected chi connectivity index (χ2v) is 4.86. The number of carboxylic acids is 1. The van der Waals surface area contributed by atoms with Gasteiger partial charge >= 0.3 is 5.97 Å². The van der Waals surface area contributed by atoms with Crippen LogP contribution >= 0.6 is 0 Å². The predicted octanol–water partition coefficient (Wildman–Crippen LogP) is 1.51. The summed E-state index contributed by atoms with van der Waals surface area (Å²) in [7, 11) is 0.